The van der Waals surface area contributed by atoms with Gasteiger partial charge in [-0.3, -0.25) is 0 Å². The molecule has 1 heterocycles. The van der Waals surface area contributed by atoms with Crippen LogP contribution in [-0.4, -0.2) is 13.1 Å². The first-order valence-corrected chi connectivity index (χ1v) is 5.31. The molecule has 0 atom stereocenters. The van der Waals surface area contributed by atoms with E-state index in [4.69, 9.17) is 11.6 Å². The van der Waals surface area contributed by atoms with Crippen molar-refractivity contribution in [2.75, 3.05) is 13.1 Å². The Bertz CT molecular complexity index is 324. The van der Waals surface area contributed by atoms with E-state index >= 15 is 0 Å². The fourth-order valence-corrected chi connectivity index (χ4v) is 2.29. The van der Waals surface area contributed by atoms with E-state index in [-0.39, 0.29) is 18.2 Å². The number of rotatable bonds is 1. The van der Waals surface area contributed by atoms with Crippen LogP contribution in [0.25, 0.3) is 0 Å². The normalized spacial score (nSPS) is 17.2. The molecule has 0 bridgehead atoms. The number of hydrogen-bond donors (Lipinski definition) is 1. The molecule has 0 radical (unpaired) electrons. The highest BCUT2D eigenvalue weighted by Crippen LogP contribution is 2.31. The van der Waals surface area contributed by atoms with Gasteiger partial charge in [0.05, 0.1) is 0 Å². The average Bonchev–Trinajstić information content (AvgIpc) is 2.19. The number of nitrogens with one attached hydrogen (secondary N) is 1. The lowest BCUT2D eigenvalue weighted by molar-refractivity contribution is 0.460. The number of hydrogen-bond acceptors (Lipinski definition) is 1. The van der Waals surface area contributed by atoms with E-state index in [9.17, 15) is 4.39 Å². The van der Waals surface area contributed by atoms with Crippen molar-refractivity contribution in [1.82, 2.24) is 5.32 Å². The predicted molar refractivity (Wildman–Crippen MR) is 63.5 cm³/mol. The molecule has 1 aromatic carbocycles. The Morgan fingerprint density at radius 2 is 1.93 bits per heavy atom. The quantitative estimate of drug-likeness (QED) is 0.805. The first-order valence-electron chi connectivity index (χ1n) is 4.93. The molecule has 0 aromatic heterocycles. The van der Waals surface area contributed by atoms with Crippen LogP contribution in [0.15, 0.2) is 18.2 Å². The summed E-state index contributed by atoms with van der Waals surface area (Å²) in [6.07, 6.45) is 2.18. The summed E-state index contributed by atoms with van der Waals surface area (Å²) in [5.41, 5.74) is 1.09. The van der Waals surface area contributed by atoms with Gasteiger partial charge in [-0.15, -0.1) is 12.4 Å². The van der Waals surface area contributed by atoms with Gasteiger partial charge in [-0.2, -0.15) is 0 Å². The molecular formula is C11H14Cl2FN. The van der Waals surface area contributed by atoms with Gasteiger partial charge in [0.2, 0.25) is 0 Å². The lowest BCUT2D eigenvalue weighted by Crippen LogP contribution is -2.26. The Hall–Kier alpha value is -0.310. The molecule has 0 unspecified atom stereocenters. The van der Waals surface area contributed by atoms with Crippen LogP contribution in [0.5, 0.6) is 0 Å². The summed E-state index contributed by atoms with van der Waals surface area (Å²) in [6.45, 7) is 2.05. The van der Waals surface area contributed by atoms with E-state index < -0.39 is 0 Å². The van der Waals surface area contributed by atoms with Crippen LogP contribution < -0.4 is 5.32 Å². The van der Waals surface area contributed by atoms with Crippen molar-refractivity contribution in [1.29, 1.82) is 0 Å². The standard InChI is InChI=1S/C11H13ClFN.ClH/c12-11-7-9(13)1-2-10(11)8-3-5-14-6-4-8;/h1-2,7-8,14H,3-6H2;1H. The summed E-state index contributed by atoms with van der Waals surface area (Å²) in [6, 6.07) is 4.70. The lowest BCUT2D eigenvalue weighted by Gasteiger charge is -2.23. The maximum atomic E-state index is 12.8. The second-order valence-corrected chi connectivity index (χ2v) is 4.10. The van der Waals surface area contributed by atoms with Gasteiger partial charge in [0.1, 0.15) is 5.82 Å². The maximum Gasteiger partial charge on any atom is 0.124 e. The Kier molecular flexibility index (Phi) is 4.84. The summed E-state index contributed by atoms with van der Waals surface area (Å²) < 4.78 is 12.8. The van der Waals surface area contributed by atoms with Crippen molar-refractivity contribution in [2.45, 2.75) is 18.8 Å². The Morgan fingerprint density at radius 3 is 2.53 bits per heavy atom. The highest BCUT2D eigenvalue weighted by atomic mass is 35.5. The highest BCUT2D eigenvalue weighted by molar-refractivity contribution is 6.31. The minimum Gasteiger partial charge on any atom is -0.317 e. The smallest absolute Gasteiger partial charge is 0.124 e. The summed E-state index contributed by atoms with van der Waals surface area (Å²) in [7, 11) is 0. The molecule has 0 spiro atoms. The Balaban J connectivity index is 0.00000112. The molecule has 1 nitrogen and oxygen atoms in total. The molecule has 0 aliphatic carbocycles. The van der Waals surface area contributed by atoms with Crippen molar-refractivity contribution < 1.29 is 4.39 Å². The third-order valence-corrected chi connectivity index (χ3v) is 3.07. The van der Waals surface area contributed by atoms with Gasteiger partial charge >= 0.3 is 0 Å². The summed E-state index contributed by atoms with van der Waals surface area (Å²) in [5, 5.41) is 3.86. The molecule has 2 rings (SSSR count). The molecule has 1 fully saturated rings. The average molecular weight is 250 g/mol. The molecular weight excluding hydrogens is 236 g/mol. The van der Waals surface area contributed by atoms with Gasteiger partial charge in [0, 0.05) is 5.02 Å². The SMILES string of the molecule is Cl.Fc1ccc(C2CCNCC2)c(Cl)c1. The van der Waals surface area contributed by atoms with Gasteiger partial charge in [0.25, 0.3) is 0 Å². The molecule has 1 aliphatic rings. The first-order chi connectivity index (χ1) is 6.77. The second kappa shape index (κ2) is 5.69. The van der Waals surface area contributed by atoms with Gasteiger partial charge in [0.15, 0.2) is 0 Å². The van der Waals surface area contributed by atoms with Crippen molar-refractivity contribution in [3.8, 4) is 0 Å². The van der Waals surface area contributed by atoms with Gasteiger partial charge in [-0.05, 0) is 49.5 Å². The van der Waals surface area contributed by atoms with Gasteiger partial charge in [-0.1, -0.05) is 17.7 Å². The van der Waals surface area contributed by atoms with Crippen molar-refractivity contribution in [3.63, 3.8) is 0 Å². The minimum atomic E-state index is -0.257. The van der Waals surface area contributed by atoms with E-state index in [1.807, 2.05) is 6.07 Å². The Labute approximate surface area is 100 Å². The summed E-state index contributed by atoms with van der Waals surface area (Å²) in [4.78, 5) is 0. The van der Waals surface area contributed by atoms with Crippen molar-refractivity contribution >= 4 is 24.0 Å². The van der Waals surface area contributed by atoms with Crippen LogP contribution in [0, 0.1) is 5.82 Å². The molecule has 84 valence electrons. The van der Waals surface area contributed by atoms with Crippen LogP contribution in [0.1, 0.15) is 24.3 Å². The van der Waals surface area contributed by atoms with Crippen molar-refractivity contribution in [2.24, 2.45) is 0 Å². The van der Waals surface area contributed by atoms with E-state index in [0.717, 1.165) is 31.5 Å². The molecule has 0 amide bonds. The number of halogens is 3. The van der Waals surface area contributed by atoms with E-state index in [1.165, 1.54) is 12.1 Å². The maximum absolute atomic E-state index is 12.8. The zero-order valence-corrected chi connectivity index (χ0v) is 9.87. The van der Waals surface area contributed by atoms with Crippen LogP contribution in [-0.2, 0) is 0 Å². The Morgan fingerprint density at radius 1 is 1.27 bits per heavy atom. The largest absolute Gasteiger partial charge is 0.317 e. The van der Waals surface area contributed by atoms with Crippen LogP contribution in [0.3, 0.4) is 0 Å². The number of piperidine rings is 1. The van der Waals surface area contributed by atoms with Gasteiger partial charge in [-0.25, -0.2) is 4.39 Å². The second-order valence-electron chi connectivity index (χ2n) is 3.69. The zero-order chi connectivity index (χ0) is 9.97. The predicted octanol–water partition coefficient (Wildman–Crippen LogP) is 3.37. The minimum absolute atomic E-state index is 0. The molecule has 4 heteroatoms. The topological polar surface area (TPSA) is 12.0 Å². The third-order valence-electron chi connectivity index (χ3n) is 2.74. The van der Waals surface area contributed by atoms with Gasteiger partial charge < -0.3 is 5.32 Å². The van der Waals surface area contributed by atoms with Crippen LogP contribution in [0.4, 0.5) is 4.39 Å². The zero-order valence-electron chi connectivity index (χ0n) is 8.30. The van der Waals surface area contributed by atoms with Crippen molar-refractivity contribution in [3.05, 3.63) is 34.6 Å². The molecule has 1 N–H and O–H groups in total. The molecule has 1 aromatic rings. The summed E-state index contributed by atoms with van der Waals surface area (Å²) in [5.74, 6) is 0.233. The summed E-state index contributed by atoms with van der Waals surface area (Å²) >= 11 is 6.00. The van der Waals surface area contributed by atoms with Crippen LogP contribution >= 0.6 is 24.0 Å². The molecule has 1 saturated heterocycles. The first kappa shape index (κ1) is 12.8. The lowest BCUT2D eigenvalue weighted by atomic mass is 9.90. The molecule has 15 heavy (non-hydrogen) atoms. The number of benzene rings is 1. The monoisotopic (exact) mass is 249 g/mol. The van der Waals surface area contributed by atoms with E-state index in [1.54, 1.807) is 0 Å². The van der Waals surface area contributed by atoms with Crippen LogP contribution in [0.2, 0.25) is 5.02 Å². The fourth-order valence-electron chi connectivity index (χ4n) is 1.97. The third kappa shape index (κ3) is 3.07. The fraction of sp³-hybridized carbons (Fsp3) is 0.455. The highest BCUT2D eigenvalue weighted by Gasteiger charge is 2.17. The van der Waals surface area contributed by atoms with E-state index in [0.29, 0.717) is 10.9 Å². The molecule has 0 saturated carbocycles. The van der Waals surface area contributed by atoms with E-state index in [2.05, 4.69) is 5.32 Å². The molecule has 1 aliphatic heterocycles.